The highest BCUT2D eigenvalue weighted by atomic mass is 16.5. The van der Waals surface area contributed by atoms with E-state index in [2.05, 4.69) is 5.16 Å². The van der Waals surface area contributed by atoms with Gasteiger partial charge in [-0.05, 0) is 27.7 Å². The van der Waals surface area contributed by atoms with Crippen LogP contribution in [0.25, 0.3) is 0 Å². The van der Waals surface area contributed by atoms with Crippen molar-refractivity contribution in [2.45, 2.75) is 58.3 Å². The molecule has 0 spiro atoms. The SMILES string of the molecule is Cc1cc(CC(=O)N2CC(OC(C)(C)C)CC2C(N)=O)on1. The molecule has 1 aromatic heterocycles. The fraction of sp³-hybridized carbons (Fsp3) is 0.667. The van der Waals surface area contributed by atoms with Crippen LogP contribution >= 0.6 is 0 Å². The average Bonchev–Trinajstić information content (AvgIpc) is 2.94. The van der Waals surface area contributed by atoms with Gasteiger partial charge in [-0.15, -0.1) is 0 Å². The van der Waals surface area contributed by atoms with Crippen LogP contribution in [0, 0.1) is 6.92 Å². The summed E-state index contributed by atoms with van der Waals surface area (Å²) < 4.78 is 10.9. The van der Waals surface area contributed by atoms with E-state index in [-0.39, 0.29) is 24.0 Å². The van der Waals surface area contributed by atoms with Gasteiger partial charge in [0.2, 0.25) is 11.8 Å². The number of nitrogens with zero attached hydrogens (tertiary/aromatic N) is 2. The van der Waals surface area contributed by atoms with E-state index in [0.717, 1.165) is 0 Å². The minimum Gasteiger partial charge on any atom is -0.371 e. The molecule has 0 radical (unpaired) electrons. The van der Waals surface area contributed by atoms with Crippen LogP contribution in [0.15, 0.2) is 10.6 Å². The number of amides is 2. The fourth-order valence-electron chi connectivity index (χ4n) is 2.68. The highest BCUT2D eigenvalue weighted by Gasteiger charge is 2.40. The number of ether oxygens (including phenoxy) is 1. The zero-order chi connectivity index (χ0) is 16.5. The van der Waals surface area contributed by atoms with Crippen molar-refractivity contribution in [1.82, 2.24) is 10.1 Å². The highest BCUT2D eigenvalue weighted by molar-refractivity contribution is 5.88. The predicted molar refractivity (Wildman–Crippen MR) is 78.9 cm³/mol. The van der Waals surface area contributed by atoms with Crippen molar-refractivity contribution in [3.8, 4) is 0 Å². The Morgan fingerprint density at radius 2 is 2.18 bits per heavy atom. The third-order valence-electron chi connectivity index (χ3n) is 3.43. The molecular weight excluding hydrogens is 286 g/mol. The number of aryl methyl sites for hydroxylation is 1. The number of hydrogen-bond donors (Lipinski definition) is 1. The molecule has 0 bridgehead atoms. The third-order valence-corrected chi connectivity index (χ3v) is 3.43. The van der Waals surface area contributed by atoms with Gasteiger partial charge in [-0.25, -0.2) is 0 Å². The fourth-order valence-corrected chi connectivity index (χ4v) is 2.68. The molecule has 7 heteroatoms. The first kappa shape index (κ1) is 16.5. The lowest BCUT2D eigenvalue weighted by Crippen LogP contribution is -2.44. The number of rotatable bonds is 4. The molecule has 0 aliphatic carbocycles. The second kappa shape index (κ2) is 6.08. The largest absolute Gasteiger partial charge is 0.371 e. The van der Waals surface area contributed by atoms with Crippen LogP contribution in [-0.4, -0.2) is 46.2 Å². The van der Waals surface area contributed by atoms with Gasteiger partial charge in [0.15, 0.2) is 0 Å². The molecule has 1 saturated heterocycles. The Balaban J connectivity index is 2.06. The van der Waals surface area contributed by atoms with Gasteiger partial charge >= 0.3 is 0 Å². The Morgan fingerprint density at radius 1 is 1.50 bits per heavy atom. The van der Waals surface area contributed by atoms with Crippen LogP contribution in [0.4, 0.5) is 0 Å². The van der Waals surface area contributed by atoms with Crippen LogP contribution < -0.4 is 5.73 Å². The summed E-state index contributed by atoms with van der Waals surface area (Å²) in [6, 6.07) is 1.07. The lowest BCUT2D eigenvalue weighted by atomic mass is 10.1. The van der Waals surface area contributed by atoms with Crippen LogP contribution in [-0.2, 0) is 20.7 Å². The first-order chi connectivity index (χ1) is 10.2. The predicted octanol–water partition coefficient (Wildman–Crippen LogP) is 0.795. The number of aromatic nitrogens is 1. The number of carbonyl (C=O) groups is 2. The highest BCUT2D eigenvalue weighted by Crippen LogP contribution is 2.25. The number of carbonyl (C=O) groups excluding carboxylic acids is 2. The molecule has 0 aromatic carbocycles. The van der Waals surface area contributed by atoms with E-state index in [1.165, 1.54) is 4.90 Å². The number of primary amides is 1. The Hall–Kier alpha value is -1.89. The van der Waals surface area contributed by atoms with Crippen molar-refractivity contribution in [1.29, 1.82) is 0 Å². The molecule has 1 aliphatic rings. The van der Waals surface area contributed by atoms with Crippen molar-refractivity contribution in [3.05, 3.63) is 17.5 Å². The maximum atomic E-state index is 12.4. The molecule has 1 fully saturated rings. The van der Waals surface area contributed by atoms with Crippen LogP contribution in [0.2, 0.25) is 0 Å². The summed E-state index contributed by atoms with van der Waals surface area (Å²) in [7, 11) is 0. The van der Waals surface area contributed by atoms with E-state index >= 15 is 0 Å². The summed E-state index contributed by atoms with van der Waals surface area (Å²) in [6.45, 7) is 7.96. The number of nitrogens with two attached hydrogens (primary N) is 1. The van der Waals surface area contributed by atoms with Gasteiger partial charge in [0.25, 0.3) is 0 Å². The molecule has 2 N–H and O–H groups in total. The van der Waals surface area contributed by atoms with Crippen LogP contribution in [0.1, 0.15) is 38.6 Å². The maximum Gasteiger partial charge on any atom is 0.240 e. The molecule has 2 unspecified atom stereocenters. The van der Waals surface area contributed by atoms with E-state index in [1.807, 2.05) is 20.8 Å². The Bertz CT molecular complexity index is 561. The summed E-state index contributed by atoms with van der Waals surface area (Å²) in [6.07, 6.45) is 0.290. The molecule has 2 amide bonds. The molecule has 1 aromatic rings. The maximum absolute atomic E-state index is 12.4. The summed E-state index contributed by atoms with van der Waals surface area (Å²) in [4.78, 5) is 25.5. The third kappa shape index (κ3) is 4.07. The molecule has 7 nitrogen and oxygen atoms in total. The monoisotopic (exact) mass is 309 g/mol. The zero-order valence-electron chi connectivity index (χ0n) is 13.5. The smallest absolute Gasteiger partial charge is 0.240 e. The van der Waals surface area contributed by atoms with Gasteiger partial charge in [-0.2, -0.15) is 0 Å². The summed E-state index contributed by atoms with van der Waals surface area (Å²) in [5.41, 5.74) is 5.80. The number of likely N-dealkylation sites (tertiary alicyclic amines) is 1. The van der Waals surface area contributed by atoms with Gasteiger partial charge in [0.1, 0.15) is 11.8 Å². The average molecular weight is 309 g/mol. The molecule has 2 heterocycles. The van der Waals surface area contributed by atoms with Gasteiger partial charge in [-0.3, -0.25) is 9.59 Å². The second-order valence-electron chi connectivity index (χ2n) is 6.66. The first-order valence-electron chi connectivity index (χ1n) is 7.34. The standard InChI is InChI=1S/C15H23N3O4/c1-9-5-10(22-17-9)7-13(19)18-8-11(21-15(2,3)4)6-12(18)14(16)20/h5,11-12H,6-8H2,1-4H3,(H2,16,20). The Labute approximate surface area is 129 Å². The van der Waals surface area contributed by atoms with E-state index in [9.17, 15) is 9.59 Å². The molecule has 22 heavy (non-hydrogen) atoms. The van der Waals surface area contributed by atoms with E-state index < -0.39 is 11.9 Å². The van der Waals surface area contributed by atoms with Gasteiger partial charge in [0, 0.05) is 19.0 Å². The van der Waals surface area contributed by atoms with Crippen molar-refractivity contribution < 1.29 is 18.8 Å². The lowest BCUT2D eigenvalue weighted by Gasteiger charge is -2.25. The van der Waals surface area contributed by atoms with Crippen molar-refractivity contribution in [2.75, 3.05) is 6.54 Å². The molecule has 2 atom stereocenters. The van der Waals surface area contributed by atoms with Crippen molar-refractivity contribution >= 4 is 11.8 Å². The van der Waals surface area contributed by atoms with Gasteiger partial charge in [-0.1, -0.05) is 5.16 Å². The van der Waals surface area contributed by atoms with Crippen molar-refractivity contribution in [2.24, 2.45) is 5.73 Å². The second-order valence-corrected chi connectivity index (χ2v) is 6.66. The van der Waals surface area contributed by atoms with Gasteiger partial charge < -0.3 is 19.9 Å². The summed E-state index contributed by atoms with van der Waals surface area (Å²) in [5.74, 6) is -0.243. The topological polar surface area (TPSA) is 98.7 Å². The van der Waals surface area contributed by atoms with E-state index in [0.29, 0.717) is 24.4 Å². The Kier molecular flexibility index (Phi) is 4.55. The summed E-state index contributed by atoms with van der Waals surface area (Å²) >= 11 is 0. The minimum absolute atomic E-state index is 0.0624. The first-order valence-corrected chi connectivity index (χ1v) is 7.34. The van der Waals surface area contributed by atoms with E-state index in [4.69, 9.17) is 15.0 Å². The minimum atomic E-state index is -0.635. The Morgan fingerprint density at radius 3 is 2.68 bits per heavy atom. The summed E-state index contributed by atoms with van der Waals surface area (Å²) in [5, 5.41) is 3.75. The van der Waals surface area contributed by atoms with Gasteiger partial charge in [0.05, 0.1) is 23.8 Å². The molecule has 2 rings (SSSR count). The van der Waals surface area contributed by atoms with Crippen LogP contribution in [0.5, 0.6) is 0 Å². The lowest BCUT2D eigenvalue weighted by molar-refractivity contribution is -0.137. The molecule has 0 saturated carbocycles. The normalized spacial score (nSPS) is 22.1. The number of hydrogen-bond acceptors (Lipinski definition) is 5. The molecule has 1 aliphatic heterocycles. The van der Waals surface area contributed by atoms with Crippen LogP contribution in [0.3, 0.4) is 0 Å². The van der Waals surface area contributed by atoms with E-state index in [1.54, 1.807) is 13.0 Å². The molecule has 122 valence electrons. The quantitative estimate of drug-likeness (QED) is 0.886. The zero-order valence-corrected chi connectivity index (χ0v) is 13.5. The van der Waals surface area contributed by atoms with Crippen molar-refractivity contribution in [3.63, 3.8) is 0 Å². The molecular formula is C15H23N3O4.